The summed E-state index contributed by atoms with van der Waals surface area (Å²) >= 11 is 0. The van der Waals surface area contributed by atoms with Crippen LogP contribution in [-0.2, 0) is 14.8 Å². The molecule has 9 heteroatoms. The van der Waals surface area contributed by atoms with E-state index in [4.69, 9.17) is 0 Å². The molecule has 0 saturated carbocycles. The van der Waals surface area contributed by atoms with E-state index in [2.05, 4.69) is 5.32 Å². The third kappa shape index (κ3) is 4.21. The van der Waals surface area contributed by atoms with Crippen molar-refractivity contribution in [2.24, 2.45) is 5.92 Å². The Morgan fingerprint density at radius 1 is 1.29 bits per heavy atom. The summed E-state index contributed by atoms with van der Waals surface area (Å²) in [7, 11) is -0.335. The maximum atomic E-state index is 14.0. The number of amides is 1. The Labute approximate surface area is 140 Å². The van der Waals surface area contributed by atoms with Crippen LogP contribution >= 0.6 is 0 Å². The summed E-state index contributed by atoms with van der Waals surface area (Å²) in [6.07, 6.45) is 2.18. The van der Waals surface area contributed by atoms with Crippen molar-refractivity contribution in [1.29, 1.82) is 0 Å². The molecule has 1 fully saturated rings. The van der Waals surface area contributed by atoms with Gasteiger partial charge in [0.15, 0.2) is 11.6 Å². The van der Waals surface area contributed by atoms with E-state index >= 15 is 0 Å². The number of nitrogens with zero attached hydrogens (tertiary/aromatic N) is 2. The summed E-state index contributed by atoms with van der Waals surface area (Å²) in [5.74, 6) is -2.55. The van der Waals surface area contributed by atoms with Gasteiger partial charge in [-0.1, -0.05) is 0 Å². The van der Waals surface area contributed by atoms with E-state index in [0.717, 1.165) is 18.4 Å². The highest BCUT2D eigenvalue weighted by molar-refractivity contribution is 7.88. The van der Waals surface area contributed by atoms with Gasteiger partial charge in [-0.25, -0.2) is 21.5 Å². The average molecular weight is 361 g/mol. The average Bonchev–Trinajstić information content (AvgIpc) is 2.45. The molecule has 2 rings (SSSR count). The van der Waals surface area contributed by atoms with Gasteiger partial charge >= 0.3 is 0 Å². The lowest BCUT2D eigenvalue weighted by Gasteiger charge is -2.30. The van der Waals surface area contributed by atoms with E-state index in [0.29, 0.717) is 19.4 Å². The number of nitrogens with one attached hydrogen (secondary N) is 1. The molecule has 1 aliphatic heterocycles. The molecule has 24 heavy (non-hydrogen) atoms. The van der Waals surface area contributed by atoms with Crippen LogP contribution in [0.25, 0.3) is 0 Å². The zero-order chi connectivity index (χ0) is 18.1. The van der Waals surface area contributed by atoms with E-state index in [1.165, 1.54) is 23.3 Å². The van der Waals surface area contributed by atoms with Crippen molar-refractivity contribution in [3.63, 3.8) is 0 Å². The van der Waals surface area contributed by atoms with E-state index in [9.17, 15) is 22.0 Å². The quantitative estimate of drug-likeness (QED) is 0.885. The first kappa shape index (κ1) is 18.6. The molecular formula is C15H21F2N3O3S. The van der Waals surface area contributed by atoms with Gasteiger partial charge in [-0.15, -0.1) is 0 Å². The first-order valence-electron chi connectivity index (χ1n) is 7.52. The van der Waals surface area contributed by atoms with Crippen molar-refractivity contribution in [1.82, 2.24) is 4.31 Å². The van der Waals surface area contributed by atoms with Crippen LogP contribution in [0.15, 0.2) is 12.1 Å². The predicted molar refractivity (Wildman–Crippen MR) is 88.5 cm³/mol. The van der Waals surface area contributed by atoms with Crippen LogP contribution in [-0.4, -0.2) is 52.1 Å². The fourth-order valence-corrected chi connectivity index (χ4v) is 3.68. The Kier molecular flexibility index (Phi) is 5.44. The molecule has 1 aromatic rings. The van der Waals surface area contributed by atoms with Gasteiger partial charge in [0.1, 0.15) is 5.69 Å². The van der Waals surface area contributed by atoms with Crippen molar-refractivity contribution in [2.45, 2.75) is 12.8 Å². The van der Waals surface area contributed by atoms with Gasteiger partial charge in [0.25, 0.3) is 0 Å². The lowest BCUT2D eigenvalue weighted by Crippen LogP contribution is -2.43. The molecule has 1 saturated heterocycles. The topological polar surface area (TPSA) is 69.7 Å². The molecule has 0 bridgehead atoms. The summed E-state index contributed by atoms with van der Waals surface area (Å²) in [6, 6.07) is 2.10. The number of carbonyl (C=O) groups is 1. The summed E-state index contributed by atoms with van der Waals surface area (Å²) in [6.45, 7) is 0.453. The number of carbonyl (C=O) groups excluding carboxylic acids is 1. The van der Waals surface area contributed by atoms with Gasteiger partial charge in [0, 0.05) is 32.9 Å². The molecular weight excluding hydrogens is 340 g/mol. The zero-order valence-corrected chi connectivity index (χ0v) is 14.7. The van der Waals surface area contributed by atoms with Gasteiger partial charge in [-0.3, -0.25) is 4.79 Å². The van der Waals surface area contributed by atoms with Gasteiger partial charge in [0.05, 0.1) is 12.2 Å². The molecule has 1 aliphatic rings. The Morgan fingerprint density at radius 3 is 2.38 bits per heavy atom. The van der Waals surface area contributed by atoms with Crippen LogP contribution in [0.3, 0.4) is 0 Å². The van der Waals surface area contributed by atoms with Crippen molar-refractivity contribution < 1.29 is 22.0 Å². The third-order valence-electron chi connectivity index (χ3n) is 3.96. The predicted octanol–water partition coefficient (Wildman–Crippen LogP) is 1.64. The number of benzene rings is 1. The summed E-state index contributed by atoms with van der Waals surface area (Å²) < 4.78 is 52.3. The minimum Gasteiger partial charge on any atom is -0.373 e. The van der Waals surface area contributed by atoms with Crippen LogP contribution in [0.5, 0.6) is 0 Å². The summed E-state index contributed by atoms with van der Waals surface area (Å²) in [4.78, 5) is 13.6. The van der Waals surface area contributed by atoms with Crippen molar-refractivity contribution in [3.05, 3.63) is 23.8 Å². The highest BCUT2D eigenvalue weighted by Gasteiger charge is 2.30. The lowest BCUT2D eigenvalue weighted by molar-refractivity contribution is -0.120. The smallest absolute Gasteiger partial charge is 0.228 e. The number of sulfonamides is 1. The highest BCUT2D eigenvalue weighted by atomic mass is 32.2. The normalized spacial score (nSPS) is 19.1. The third-order valence-corrected chi connectivity index (χ3v) is 5.23. The van der Waals surface area contributed by atoms with Crippen molar-refractivity contribution >= 4 is 27.3 Å². The van der Waals surface area contributed by atoms with Gasteiger partial charge in [-0.2, -0.15) is 0 Å². The zero-order valence-electron chi connectivity index (χ0n) is 13.8. The molecule has 6 nitrogen and oxygen atoms in total. The van der Waals surface area contributed by atoms with Gasteiger partial charge < -0.3 is 10.2 Å². The van der Waals surface area contributed by atoms with Crippen molar-refractivity contribution in [2.75, 3.05) is 43.7 Å². The summed E-state index contributed by atoms with van der Waals surface area (Å²) in [5.41, 5.74) is -0.175. The Hall–Kier alpha value is -1.74. The Balaban J connectivity index is 2.12. The van der Waals surface area contributed by atoms with Crippen LogP contribution in [0.1, 0.15) is 12.8 Å². The number of halogens is 2. The standard InChI is InChI=1S/C15H21F2N3O3S/c1-19(2)14-12(16)7-11(8-13(14)17)18-15(21)10-5-4-6-20(9-10)24(3,22)23/h7-8,10H,4-6,9H2,1-3H3,(H,18,21). The molecule has 1 N–H and O–H groups in total. The van der Waals surface area contributed by atoms with Crippen LogP contribution in [0.4, 0.5) is 20.2 Å². The van der Waals surface area contributed by atoms with E-state index in [1.807, 2.05) is 0 Å². The maximum absolute atomic E-state index is 14.0. The molecule has 0 radical (unpaired) electrons. The molecule has 1 amide bonds. The van der Waals surface area contributed by atoms with Crippen LogP contribution in [0, 0.1) is 17.6 Å². The Morgan fingerprint density at radius 2 is 1.88 bits per heavy atom. The lowest BCUT2D eigenvalue weighted by atomic mass is 9.98. The second-order valence-electron chi connectivity index (χ2n) is 6.13. The molecule has 0 aromatic heterocycles. The molecule has 1 unspecified atom stereocenters. The largest absolute Gasteiger partial charge is 0.373 e. The molecule has 0 spiro atoms. The maximum Gasteiger partial charge on any atom is 0.228 e. The molecule has 134 valence electrons. The monoisotopic (exact) mass is 361 g/mol. The second kappa shape index (κ2) is 7.02. The Bertz CT molecular complexity index is 714. The van der Waals surface area contributed by atoms with Crippen LogP contribution < -0.4 is 10.2 Å². The fraction of sp³-hybridized carbons (Fsp3) is 0.533. The second-order valence-corrected chi connectivity index (χ2v) is 8.11. The number of anilines is 2. The first-order chi connectivity index (χ1) is 11.1. The van der Waals surface area contributed by atoms with Crippen molar-refractivity contribution in [3.8, 4) is 0 Å². The van der Waals surface area contributed by atoms with Gasteiger partial charge in [0.2, 0.25) is 15.9 Å². The van der Waals surface area contributed by atoms with Gasteiger partial charge in [-0.05, 0) is 25.0 Å². The number of rotatable bonds is 4. The van der Waals surface area contributed by atoms with Crippen LogP contribution in [0.2, 0.25) is 0 Å². The number of hydrogen-bond donors (Lipinski definition) is 1. The highest BCUT2D eigenvalue weighted by Crippen LogP contribution is 2.27. The molecule has 1 aromatic carbocycles. The first-order valence-corrected chi connectivity index (χ1v) is 9.36. The van der Waals surface area contributed by atoms with E-state index in [1.54, 1.807) is 0 Å². The summed E-state index contributed by atoms with van der Waals surface area (Å²) in [5, 5.41) is 2.47. The van der Waals surface area contributed by atoms with E-state index < -0.39 is 33.5 Å². The number of hydrogen-bond acceptors (Lipinski definition) is 4. The SMILES string of the molecule is CN(C)c1c(F)cc(NC(=O)C2CCCN(S(C)(=O)=O)C2)cc1F. The minimum atomic E-state index is -3.37. The molecule has 1 atom stereocenters. The molecule has 0 aliphatic carbocycles. The minimum absolute atomic E-state index is 0.0112. The van der Waals surface area contributed by atoms with E-state index in [-0.39, 0.29) is 17.9 Å². The molecule has 1 heterocycles. The fourth-order valence-electron chi connectivity index (χ4n) is 2.77. The number of piperidine rings is 1.